The molecule has 2 heterocycles. The number of hydrogen-bond donors (Lipinski definition) is 1. The summed E-state index contributed by atoms with van der Waals surface area (Å²) in [5, 5.41) is 11.2. The van der Waals surface area contributed by atoms with Crippen molar-refractivity contribution >= 4 is 17.4 Å². The molecule has 0 spiro atoms. The molecular formula is C25H32N4O3. The number of hydrogen-bond acceptors (Lipinski definition) is 6. The van der Waals surface area contributed by atoms with Crippen molar-refractivity contribution < 1.29 is 14.7 Å². The fourth-order valence-electron chi connectivity index (χ4n) is 4.04. The number of rotatable bonds is 7. The van der Waals surface area contributed by atoms with Gasteiger partial charge < -0.3 is 14.9 Å². The number of likely N-dealkylation sites (tertiary alicyclic amines) is 1. The SMILES string of the molecule is Cc1ncc(/C(O)=C2\C(=O)C(=O)N(CCCN(C)C)C2c2ccc(C(C)C)cc2)c(C)n1. The van der Waals surface area contributed by atoms with E-state index >= 15 is 0 Å². The lowest BCUT2D eigenvalue weighted by molar-refractivity contribution is -0.139. The maximum atomic E-state index is 13.1. The number of benzene rings is 1. The highest BCUT2D eigenvalue weighted by molar-refractivity contribution is 6.46. The summed E-state index contributed by atoms with van der Waals surface area (Å²) >= 11 is 0. The van der Waals surface area contributed by atoms with E-state index in [1.54, 1.807) is 18.7 Å². The van der Waals surface area contributed by atoms with Crippen molar-refractivity contribution in [2.24, 2.45) is 0 Å². The summed E-state index contributed by atoms with van der Waals surface area (Å²) in [7, 11) is 3.94. The molecule has 0 saturated carbocycles. The Labute approximate surface area is 189 Å². The highest BCUT2D eigenvalue weighted by Crippen LogP contribution is 2.40. The van der Waals surface area contributed by atoms with Gasteiger partial charge in [0.05, 0.1) is 22.9 Å². The molecule has 1 aliphatic rings. The van der Waals surface area contributed by atoms with Gasteiger partial charge in [-0.2, -0.15) is 0 Å². The van der Waals surface area contributed by atoms with Gasteiger partial charge in [0.25, 0.3) is 11.7 Å². The van der Waals surface area contributed by atoms with Crippen molar-refractivity contribution in [3.8, 4) is 0 Å². The minimum absolute atomic E-state index is 0.0905. The molecule has 1 fully saturated rings. The highest BCUT2D eigenvalue weighted by Gasteiger charge is 2.46. The van der Waals surface area contributed by atoms with Crippen molar-refractivity contribution in [3.05, 3.63) is 64.2 Å². The Hall–Kier alpha value is -3.06. The third kappa shape index (κ3) is 4.72. The van der Waals surface area contributed by atoms with Crippen LogP contribution in [0.15, 0.2) is 36.0 Å². The number of ketones is 1. The van der Waals surface area contributed by atoms with Crippen molar-refractivity contribution in [2.75, 3.05) is 27.2 Å². The van der Waals surface area contributed by atoms with Crippen LogP contribution in [0.2, 0.25) is 0 Å². The van der Waals surface area contributed by atoms with Crippen LogP contribution in [0.1, 0.15) is 60.4 Å². The quantitative estimate of drug-likeness (QED) is 0.406. The van der Waals surface area contributed by atoms with Crippen LogP contribution in [0.5, 0.6) is 0 Å². The molecule has 1 atom stereocenters. The number of nitrogens with zero attached hydrogens (tertiary/aromatic N) is 4. The van der Waals surface area contributed by atoms with Crippen molar-refractivity contribution in [3.63, 3.8) is 0 Å². The maximum Gasteiger partial charge on any atom is 0.295 e. The van der Waals surface area contributed by atoms with E-state index in [-0.39, 0.29) is 11.3 Å². The zero-order valence-corrected chi connectivity index (χ0v) is 19.7. The van der Waals surface area contributed by atoms with Crippen molar-refractivity contribution in [1.82, 2.24) is 19.8 Å². The second-order valence-electron chi connectivity index (χ2n) is 8.89. The van der Waals surface area contributed by atoms with Gasteiger partial charge in [0.2, 0.25) is 0 Å². The molecule has 32 heavy (non-hydrogen) atoms. The Morgan fingerprint density at radius 1 is 1.16 bits per heavy atom. The molecule has 1 N–H and O–H groups in total. The molecule has 0 aliphatic carbocycles. The van der Waals surface area contributed by atoms with Crippen LogP contribution in [0.25, 0.3) is 5.76 Å². The first kappa shape index (κ1) is 23.6. The lowest BCUT2D eigenvalue weighted by atomic mass is 9.93. The van der Waals surface area contributed by atoms with Crippen molar-refractivity contribution in [1.29, 1.82) is 0 Å². The fourth-order valence-corrected chi connectivity index (χ4v) is 4.04. The van der Waals surface area contributed by atoms with Crippen LogP contribution in [-0.4, -0.2) is 63.7 Å². The number of carbonyl (C=O) groups excluding carboxylic acids is 2. The average molecular weight is 437 g/mol. The van der Waals surface area contributed by atoms with Crippen LogP contribution in [-0.2, 0) is 9.59 Å². The molecule has 3 rings (SSSR count). The lowest BCUT2D eigenvalue weighted by Gasteiger charge is -2.26. The first-order valence-corrected chi connectivity index (χ1v) is 11.0. The average Bonchev–Trinajstić information content (AvgIpc) is 2.98. The minimum atomic E-state index is -0.676. The van der Waals surface area contributed by atoms with E-state index in [1.165, 1.54) is 11.8 Å². The van der Waals surface area contributed by atoms with E-state index in [4.69, 9.17) is 0 Å². The van der Waals surface area contributed by atoms with Gasteiger partial charge in [0.15, 0.2) is 0 Å². The summed E-state index contributed by atoms with van der Waals surface area (Å²) in [6.45, 7) is 8.94. The predicted molar refractivity (Wildman–Crippen MR) is 124 cm³/mol. The van der Waals surface area contributed by atoms with E-state index < -0.39 is 17.7 Å². The Kier molecular flexibility index (Phi) is 7.09. The predicted octanol–water partition coefficient (Wildman–Crippen LogP) is 3.59. The van der Waals surface area contributed by atoms with Crippen LogP contribution in [0.4, 0.5) is 0 Å². The molecule has 1 unspecified atom stereocenters. The molecule has 2 aromatic rings. The third-order valence-electron chi connectivity index (χ3n) is 5.82. The number of aryl methyl sites for hydroxylation is 2. The summed E-state index contributed by atoms with van der Waals surface area (Å²) in [5.74, 6) is -0.556. The van der Waals surface area contributed by atoms with E-state index in [2.05, 4.69) is 23.8 Å². The molecule has 1 amide bonds. The molecule has 1 aliphatic heterocycles. The normalized spacial score (nSPS) is 18.2. The highest BCUT2D eigenvalue weighted by atomic mass is 16.3. The van der Waals surface area contributed by atoms with Crippen LogP contribution < -0.4 is 0 Å². The smallest absolute Gasteiger partial charge is 0.295 e. The van der Waals surface area contributed by atoms with Gasteiger partial charge in [-0.05, 0) is 58.0 Å². The first-order valence-electron chi connectivity index (χ1n) is 11.0. The number of aromatic nitrogens is 2. The molecule has 1 aromatic carbocycles. The second kappa shape index (κ2) is 9.61. The van der Waals surface area contributed by atoms with Crippen LogP contribution in [0.3, 0.4) is 0 Å². The van der Waals surface area contributed by atoms with E-state index in [0.29, 0.717) is 36.0 Å². The van der Waals surface area contributed by atoms with E-state index in [0.717, 1.165) is 12.1 Å². The van der Waals surface area contributed by atoms with Gasteiger partial charge in [-0.25, -0.2) is 9.97 Å². The largest absolute Gasteiger partial charge is 0.507 e. The van der Waals surface area contributed by atoms with Gasteiger partial charge in [-0.1, -0.05) is 38.1 Å². The zero-order valence-electron chi connectivity index (χ0n) is 19.7. The molecule has 170 valence electrons. The van der Waals surface area contributed by atoms with E-state index in [9.17, 15) is 14.7 Å². The molecule has 1 saturated heterocycles. The number of aliphatic hydroxyl groups is 1. The van der Waals surface area contributed by atoms with Gasteiger partial charge in [0, 0.05) is 12.7 Å². The van der Waals surface area contributed by atoms with Crippen LogP contribution >= 0.6 is 0 Å². The van der Waals surface area contributed by atoms with Crippen molar-refractivity contribution in [2.45, 2.75) is 46.1 Å². The number of aliphatic hydroxyl groups excluding tert-OH is 1. The third-order valence-corrected chi connectivity index (χ3v) is 5.82. The summed E-state index contributed by atoms with van der Waals surface area (Å²) in [6, 6.07) is 7.26. The lowest BCUT2D eigenvalue weighted by Crippen LogP contribution is -2.32. The number of Topliss-reactive ketones (excluding diaryl/α,β-unsaturated/α-hetero) is 1. The summed E-state index contributed by atoms with van der Waals surface area (Å²) in [5.41, 5.74) is 2.98. The molecule has 0 radical (unpaired) electrons. The number of carbonyl (C=O) groups is 2. The molecule has 0 bridgehead atoms. The molecule has 1 aromatic heterocycles. The van der Waals surface area contributed by atoms with Gasteiger partial charge in [-0.3, -0.25) is 9.59 Å². The fraction of sp³-hybridized carbons (Fsp3) is 0.440. The Morgan fingerprint density at radius 2 is 1.81 bits per heavy atom. The van der Waals surface area contributed by atoms with Gasteiger partial charge >= 0.3 is 0 Å². The maximum absolute atomic E-state index is 13.1. The summed E-state index contributed by atoms with van der Waals surface area (Å²) in [6.07, 6.45) is 2.22. The first-order chi connectivity index (χ1) is 15.1. The van der Waals surface area contributed by atoms with Crippen LogP contribution in [0, 0.1) is 13.8 Å². The zero-order chi connectivity index (χ0) is 23.6. The Bertz CT molecular complexity index is 1040. The monoisotopic (exact) mass is 436 g/mol. The standard InChI is InChI=1S/C25H32N4O3/c1-15(2)18-8-10-19(11-9-18)22-21(23(30)20-14-26-17(4)27-16(20)3)24(31)25(32)29(22)13-7-12-28(5)6/h8-11,14-15,22,30H,7,12-13H2,1-6H3/b23-21+. The van der Waals surface area contributed by atoms with Gasteiger partial charge in [-0.15, -0.1) is 0 Å². The number of amides is 1. The summed E-state index contributed by atoms with van der Waals surface area (Å²) < 4.78 is 0. The topological polar surface area (TPSA) is 86.6 Å². The Balaban J connectivity index is 2.12. The molecule has 7 heteroatoms. The minimum Gasteiger partial charge on any atom is -0.507 e. The Morgan fingerprint density at radius 3 is 2.38 bits per heavy atom. The summed E-state index contributed by atoms with van der Waals surface area (Å²) in [4.78, 5) is 38.2. The molecular weight excluding hydrogens is 404 g/mol. The second-order valence-corrected chi connectivity index (χ2v) is 8.89. The van der Waals surface area contributed by atoms with E-state index in [1.807, 2.05) is 43.3 Å². The molecule has 7 nitrogen and oxygen atoms in total. The van der Waals surface area contributed by atoms with Gasteiger partial charge in [0.1, 0.15) is 11.6 Å².